The van der Waals surface area contributed by atoms with Gasteiger partial charge >= 0.3 is 0 Å². The van der Waals surface area contributed by atoms with Gasteiger partial charge in [-0.05, 0) is 41.3 Å². The van der Waals surface area contributed by atoms with Gasteiger partial charge in [0.2, 0.25) is 0 Å². The van der Waals surface area contributed by atoms with Crippen molar-refractivity contribution in [1.29, 1.82) is 0 Å². The van der Waals surface area contributed by atoms with Gasteiger partial charge in [-0.15, -0.1) is 11.3 Å². The van der Waals surface area contributed by atoms with Gasteiger partial charge in [-0.25, -0.2) is 4.98 Å². The summed E-state index contributed by atoms with van der Waals surface area (Å²) in [6.45, 7) is 2.26. The molecule has 6 nitrogen and oxygen atoms in total. The minimum Gasteiger partial charge on any atom is -0.493 e. The molecule has 1 aliphatic rings. The van der Waals surface area contributed by atoms with Crippen LogP contribution in [0.25, 0.3) is 20.7 Å². The first-order chi connectivity index (χ1) is 15.1. The van der Waals surface area contributed by atoms with Gasteiger partial charge in [-0.3, -0.25) is 9.69 Å². The first-order valence-electron chi connectivity index (χ1n) is 10.2. The zero-order chi connectivity index (χ0) is 21.4. The second-order valence-corrected chi connectivity index (χ2v) is 8.68. The lowest BCUT2D eigenvalue weighted by Crippen LogP contribution is -2.31. The van der Waals surface area contributed by atoms with Crippen molar-refractivity contribution in [2.24, 2.45) is 0 Å². The van der Waals surface area contributed by atoms with E-state index in [-0.39, 0.29) is 5.56 Å². The Morgan fingerprint density at radius 3 is 2.55 bits per heavy atom. The Morgan fingerprint density at radius 1 is 1.06 bits per heavy atom. The Kier molecular flexibility index (Phi) is 5.21. The largest absolute Gasteiger partial charge is 0.493 e. The highest BCUT2D eigenvalue weighted by molar-refractivity contribution is 7.21. The zero-order valence-electron chi connectivity index (χ0n) is 17.5. The molecule has 2 aromatic carbocycles. The van der Waals surface area contributed by atoms with E-state index in [2.05, 4.69) is 16.0 Å². The van der Waals surface area contributed by atoms with Crippen LogP contribution in [0.2, 0.25) is 0 Å². The molecule has 0 radical (unpaired) electrons. The first kappa shape index (κ1) is 19.8. The second kappa shape index (κ2) is 8.17. The van der Waals surface area contributed by atoms with Crippen LogP contribution in [0.1, 0.15) is 17.0 Å². The predicted molar refractivity (Wildman–Crippen MR) is 123 cm³/mol. The number of H-pyrrole nitrogens is 1. The molecule has 4 aromatic rings. The van der Waals surface area contributed by atoms with E-state index in [9.17, 15) is 4.79 Å². The third kappa shape index (κ3) is 3.82. The molecule has 0 amide bonds. The SMILES string of the molecule is COc1cc2c(cc1OC)CN(Cc1nc3sc(-c4ccccc4)cc3c(=O)[nH]1)CC2. The van der Waals surface area contributed by atoms with Gasteiger partial charge in [-0.1, -0.05) is 30.3 Å². The summed E-state index contributed by atoms with van der Waals surface area (Å²) < 4.78 is 10.9. The van der Waals surface area contributed by atoms with Gasteiger partial charge in [0.25, 0.3) is 5.56 Å². The molecule has 0 unspecified atom stereocenters. The fourth-order valence-electron chi connectivity index (χ4n) is 4.08. The van der Waals surface area contributed by atoms with Crippen LogP contribution in [-0.4, -0.2) is 35.6 Å². The summed E-state index contributed by atoms with van der Waals surface area (Å²) >= 11 is 1.56. The highest BCUT2D eigenvalue weighted by Crippen LogP contribution is 2.34. The second-order valence-electron chi connectivity index (χ2n) is 7.64. The number of hydrogen-bond acceptors (Lipinski definition) is 6. The van der Waals surface area contributed by atoms with Crippen LogP contribution in [0.15, 0.2) is 53.3 Å². The lowest BCUT2D eigenvalue weighted by molar-refractivity contribution is 0.238. The van der Waals surface area contributed by atoms with E-state index in [0.717, 1.165) is 46.3 Å². The predicted octanol–water partition coefficient (Wildman–Crippen LogP) is 4.23. The monoisotopic (exact) mass is 433 g/mol. The summed E-state index contributed by atoms with van der Waals surface area (Å²) in [5.41, 5.74) is 3.51. The van der Waals surface area contributed by atoms with Crippen molar-refractivity contribution in [3.63, 3.8) is 0 Å². The average molecular weight is 434 g/mol. The number of thiophene rings is 1. The number of fused-ring (bicyclic) bond motifs is 2. The molecule has 0 saturated carbocycles. The molecule has 1 aliphatic heterocycles. The summed E-state index contributed by atoms with van der Waals surface area (Å²) in [7, 11) is 3.31. The highest BCUT2D eigenvalue weighted by atomic mass is 32.1. The molecule has 0 spiro atoms. The minimum absolute atomic E-state index is 0.0813. The molecule has 5 rings (SSSR count). The lowest BCUT2D eigenvalue weighted by atomic mass is 9.99. The molecule has 0 aliphatic carbocycles. The van der Waals surface area contributed by atoms with Crippen molar-refractivity contribution < 1.29 is 9.47 Å². The lowest BCUT2D eigenvalue weighted by Gasteiger charge is -2.29. The summed E-state index contributed by atoms with van der Waals surface area (Å²) in [5, 5.41) is 0.647. The van der Waals surface area contributed by atoms with Crippen molar-refractivity contribution in [3.8, 4) is 21.9 Å². The third-order valence-electron chi connectivity index (χ3n) is 5.68. The normalized spacial score (nSPS) is 13.9. The number of benzene rings is 2. The molecule has 1 N–H and O–H groups in total. The molecule has 0 fully saturated rings. The van der Waals surface area contributed by atoms with Crippen molar-refractivity contribution in [2.45, 2.75) is 19.5 Å². The number of aromatic amines is 1. The maximum Gasteiger partial charge on any atom is 0.259 e. The summed E-state index contributed by atoms with van der Waals surface area (Å²) in [5.74, 6) is 2.20. The Labute approximate surface area is 184 Å². The van der Waals surface area contributed by atoms with Crippen LogP contribution >= 0.6 is 11.3 Å². The van der Waals surface area contributed by atoms with Crippen LogP contribution in [0.5, 0.6) is 11.5 Å². The summed E-state index contributed by atoms with van der Waals surface area (Å²) in [6.07, 6.45) is 0.916. The molecular weight excluding hydrogens is 410 g/mol. The fourth-order valence-corrected chi connectivity index (χ4v) is 5.14. The highest BCUT2D eigenvalue weighted by Gasteiger charge is 2.21. The van der Waals surface area contributed by atoms with Gasteiger partial charge in [-0.2, -0.15) is 0 Å². The first-order valence-corrected chi connectivity index (χ1v) is 11.0. The van der Waals surface area contributed by atoms with Crippen LogP contribution in [-0.2, 0) is 19.5 Å². The molecule has 31 heavy (non-hydrogen) atoms. The summed E-state index contributed by atoms with van der Waals surface area (Å²) in [4.78, 5) is 24.6. The van der Waals surface area contributed by atoms with E-state index in [1.165, 1.54) is 11.1 Å². The molecule has 0 bridgehead atoms. The number of aromatic nitrogens is 2. The quantitative estimate of drug-likeness (QED) is 0.510. The van der Waals surface area contributed by atoms with Crippen molar-refractivity contribution in [2.75, 3.05) is 20.8 Å². The van der Waals surface area contributed by atoms with Crippen LogP contribution in [0.4, 0.5) is 0 Å². The molecule has 0 atom stereocenters. The topological polar surface area (TPSA) is 67.5 Å². The van der Waals surface area contributed by atoms with Crippen molar-refractivity contribution in [3.05, 3.63) is 75.8 Å². The van der Waals surface area contributed by atoms with E-state index in [1.54, 1.807) is 25.6 Å². The van der Waals surface area contributed by atoms with Crippen molar-refractivity contribution in [1.82, 2.24) is 14.9 Å². The Bertz CT molecular complexity index is 1300. The summed E-state index contributed by atoms with van der Waals surface area (Å²) in [6, 6.07) is 16.1. The number of nitrogens with one attached hydrogen (secondary N) is 1. The van der Waals surface area contributed by atoms with E-state index in [1.807, 2.05) is 42.5 Å². The third-order valence-corrected chi connectivity index (χ3v) is 6.76. The van der Waals surface area contributed by atoms with Crippen molar-refractivity contribution >= 4 is 21.6 Å². The van der Waals surface area contributed by atoms with E-state index < -0.39 is 0 Å². The number of hydrogen-bond donors (Lipinski definition) is 1. The number of rotatable bonds is 5. The Balaban J connectivity index is 1.40. The minimum atomic E-state index is -0.0813. The molecule has 0 saturated heterocycles. The molecule has 7 heteroatoms. The van der Waals surface area contributed by atoms with Gasteiger partial charge in [0, 0.05) is 18.0 Å². The zero-order valence-corrected chi connectivity index (χ0v) is 18.3. The molecule has 2 aromatic heterocycles. The standard InChI is InChI=1S/C24H23N3O3S/c1-29-19-10-16-8-9-27(13-17(16)11-20(19)30-2)14-22-25-23(28)18-12-21(31-24(18)26-22)15-6-4-3-5-7-15/h3-7,10-12H,8-9,13-14H2,1-2H3,(H,25,26,28). The number of ether oxygens (including phenoxy) is 2. The van der Waals surface area contributed by atoms with Gasteiger partial charge < -0.3 is 14.5 Å². The smallest absolute Gasteiger partial charge is 0.259 e. The van der Waals surface area contributed by atoms with E-state index in [4.69, 9.17) is 14.5 Å². The van der Waals surface area contributed by atoms with Gasteiger partial charge in [0.1, 0.15) is 10.7 Å². The van der Waals surface area contributed by atoms with Gasteiger partial charge in [0.05, 0.1) is 26.2 Å². The number of nitrogens with zero attached hydrogens (tertiary/aromatic N) is 2. The van der Waals surface area contributed by atoms with E-state index in [0.29, 0.717) is 17.8 Å². The maximum absolute atomic E-state index is 12.7. The van der Waals surface area contributed by atoms with E-state index >= 15 is 0 Å². The van der Waals surface area contributed by atoms with Crippen LogP contribution in [0.3, 0.4) is 0 Å². The molecular formula is C24H23N3O3S. The van der Waals surface area contributed by atoms with Crippen LogP contribution < -0.4 is 15.0 Å². The molecule has 3 heterocycles. The average Bonchev–Trinajstić information content (AvgIpc) is 3.23. The molecule has 158 valence electrons. The fraction of sp³-hybridized carbons (Fsp3) is 0.250. The Morgan fingerprint density at radius 2 is 1.81 bits per heavy atom. The number of methoxy groups -OCH3 is 2. The van der Waals surface area contributed by atoms with Crippen LogP contribution in [0, 0.1) is 0 Å². The Hall–Kier alpha value is -3.16. The van der Waals surface area contributed by atoms with Gasteiger partial charge in [0.15, 0.2) is 11.5 Å². The maximum atomic E-state index is 12.7.